The van der Waals surface area contributed by atoms with Crippen LogP contribution in [0.2, 0.25) is 0 Å². The van der Waals surface area contributed by atoms with Crippen LogP contribution in [-0.4, -0.2) is 28.4 Å². The van der Waals surface area contributed by atoms with E-state index < -0.39 is 0 Å². The lowest BCUT2D eigenvalue weighted by atomic mass is 10.0. The van der Waals surface area contributed by atoms with Crippen molar-refractivity contribution in [3.63, 3.8) is 0 Å². The van der Waals surface area contributed by atoms with Gasteiger partial charge < -0.3 is 9.73 Å². The number of hydrogen-bond donors (Lipinski definition) is 1. The predicted octanol–water partition coefficient (Wildman–Crippen LogP) is 4.72. The van der Waals surface area contributed by atoms with E-state index in [0.29, 0.717) is 42.6 Å². The molecule has 0 fully saturated rings. The molecule has 0 aliphatic carbocycles. The second-order valence-electron chi connectivity index (χ2n) is 8.55. The summed E-state index contributed by atoms with van der Waals surface area (Å²) in [7, 11) is 0. The molecular weight excluding hydrogens is 350 g/mol. The van der Waals surface area contributed by atoms with Crippen LogP contribution in [-0.2, 0) is 13.1 Å². The van der Waals surface area contributed by atoms with Gasteiger partial charge in [0.2, 0.25) is 5.89 Å². The van der Waals surface area contributed by atoms with E-state index in [0.717, 1.165) is 6.54 Å². The average Bonchev–Trinajstić information content (AvgIpc) is 3.09. The standard InChI is InChI=1S/C23H35N3O2/c1-15(2)11-24-23(27)21-14-28-22(25-21)13-26(19(7)16(3)4)12-20-9-8-17(5)10-18(20)6/h8-10,14-16,19H,11-13H2,1-7H3,(H,24,27)/t19-/m1/s1. The minimum absolute atomic E-state index is 0.179. The van der Waals surface area contributed by atoms with Crippen LogP contribution in [0.1, 0.15) is 67.7 Å². The SMILES string of the molecule is Cc1ccc(CN(Cc2nc(C(=O)NCC(C)C)co2)[C@H](C)C(C)C)c(C)c1. The number of aromatic nitrogens is 1. The van der Waals surface area contributed by atoms with Crippen molar-refractivity contribution in [2.24, 2.45) is 11.8 Å². The van der Waals surface area contributed by atoms with Gasteiger partial charge in [0, 0.05) is 19.1 Å². The highest BCUT2D eigenvalue weighted by atomic mass is 16.3. The van der Waals surface area contributed by atoms with Gasteiger partial charge in [-0.1, -0.05) is 51.5 Å². The zero-order valence-corrected chi connectivity index (χ0v) is 18.4. The fourth-order valence-electron chi connectivity index (χ4n) is 3.06. The van der Waals surface area contributed by atoms with Crippen molar-refractivity contribution < 1.29 is 9.21 Å². The Morgan fingerprint density at radius 3 is 2.46 bits per heavy atom. The highest BCUT2D eigenvalue weighted by Gasteiger charge is 2.21. The van der Waals surface area contributed by atoms with Gasteiger partial charge in [0.25, 0.3) is 5.91 Å². The summed E-state index contributed by atoms with van der Waals surface area (Å²) in [5.41, 5.74) is 4.22. The highest BCUT2D eigenvalue weighted by molar-refractivity contribution is 5.91. The largest absolute Gasteiger partial charge is 0.447 e. The smallest absolute Gasteiger partial charge is 0.273 e. The van der Waals surface area contributed by atoms with Gasteiger partial charge in [0.1, 0.15) is 6.26 Å². The van der Waals surface area contributed by atoms with Crippen LogP contribution in [0.4, 0.5) is 0 Å². The number of benzene rings is 1. The molecule has 28 heavy (non-hydrogen) atoms. The zero-order valence-electron chi connectivity index (χ0n) is 18.4. The molecule has 5 nitrogen and oxygen atoms in total. The minimum Gasteiger partial charge on any atom is -0.447 e. The first-order valence-corrected chi connectivity index (χ1v) is 10.2. The Morgan fingerprint density at radius 1 is 1.14 bits per heavy atom. The van der Waals surface area contributed by atoms with Gasteiger partial charge in [-0.15, -0.1) is 0 Å². The molecule has 0 spiro atoms. The van der Waals surface area contributed by atoms with Crippen molar-refractivity contribution in [1.82, 2.24) is 15.2 Å². The van der Waals surface area contributed by atoms with Crippen LogP contribution in [0.15, 0.2) is 28.9 Å². The third-order valence-electron chi connectivity index (χ3n) is 5.21. The molecule has 0 saturated carbocycles. The lowest BCUT2D eigenvalue weighted by Crippen LogP contribution is -2.36. The molecular formula is C23H35N3O2. The number of hydrogen-bond acceptors (Lipinski definition) is 4. The van der Waals surface area contributed by atoms with Gasteiger partial charge in [-0.05, 0) is 43.7 Å². The third kappa shape index (κ3) is 6.20. The van der Waals surface area contributed by atoms with Crippen molar-refractivity contribution in [3.05, 3.63) is 52.7 Å². The summed E-state index contributed by atoms with van der Waals surface area (Å²) >= 11 is 0. The highest BCUT2D eigenvalue weighted by Crippen LogP contribution is 2.20. The first-order chi connectivity index (χ1) is 13.2. The summed E-state index contributed by atoms with van der Waals surface area (Å²) in [6.45, 7) is 17.1. The summed E-state index contributed by atoms with van der Waals surface area (Å²) in [5.74, 6) is 1.29. The van der Waals surface area contributed by atoms with Gasteiger partial charge >= 0.3 is 0 Å². The van der Waals surface area contributed by atoms with Gasteiger partial charge in [-0.2, -0.15) is 0 Å². The minimum atomic E-state index is -0.179. The van der Waals surface area contributed by atoms with E-state index in [1.165, 1.54) is 23.0 Å². The maximum absolute atomic E-state index is 12.2. The Labute approximate surface area is 169 Å². The molecule has 0 aliphatic heterocycles. The summed E-state index contributed by atoms with van der Waals surface area (Å²) in [6, 6.07) is 6.93. The summed E-state index contributed by atoms with van der Waals surface area (Å²) in [4.78, 5) is 19.0. The molecule has 0 unspecified atom stereocenters. The quantitative estimate of drug-likeness (QED) is 0.678. The first-order valence-electron chi connectivity index (χ1n) is 10.2. The Balaban J connectivity index is 2.13. The average molecular weight is 386 g/mol. The van der Waals surface area contributed by atoms with E-state index >= 15 is 0 Å². The number of aryl methyl sites for hydroxylation is 2. The van der Waals surface area contributed by atoms with Crippen LogP contribution in [0.3, 0.4) is 0 Å². The van der Waals surface area contributed by atoms with E-state index in [9.17, 15) is 4.79 Å². The number of rotatable bonds is 9. The molecule has 1 heterocycles. The monoisotopic (exact) mass is 385 g/mol. The zero-order chi connectivity index (χ0) is 20.8. The molecule has 154 valence electrons. The van der Waals surface area contributed by atoms with Crippen molar-refractivity contribution in [2.75, 3.05) is 6.54 Å². The fourth-order valence-corrected chi connectivity index (χ4v) is 3.06. The van der Waals surface area contributed by atoms with Crippen molar-refractivity contribution in [1.29, 1.82) is 0 Å². The first kappa shape index (κ1) is 22.2. The van der Waals surface area contributed by atoms with E-state index in [-0.39, 0.29) is 5.91 Å². The van der Waals surface area contributed by atoms with E-state index in [4.69, 9.17) is 4.42 Å². The molecule has 0 saturated heterocycles. The van der Waals surface area contributed by atoms with Crippen LogP contribution in [0.5, 0.6) is 0 Å². The number of oxazole rings is 1. The number of carbonyl (C=O) groups is 1. The van der Waals surface area contributed by atoms with Crippen molar-refractivity contribution in [3.8, 4) is 0 Å². The second kappa shape index (κ2) is 9.87. The maximum atomic E-state index is 12.2. The maximum Gasteiger partial charge on any atom is 0.273 e. The van der Waals surface area contributed by atoms with Gasteiger partial charge in [0.05, 0.1) is 6.54 Å². The van der Waals surface area contributed by atoms with E-state index in [2.05, 4.69) is 81.9 Å². The van der Waals surface area contributed by atoms with Gasteiger partial charge in [0.15, 0.2) is 5.69 Å². The van der Waals surface area contributed by atoms with Crippen LogP contribution < -0.4 is 5.32 Å². The molecule has 1 aromatic carbocycles. The van der Waals surface area contributed by atoms with Gasteiger partial charge in [-0.3, -0.25) is 9.69 Å². The fraction of sp³-hybridized carbons (Fsp3) is 0.565. The molecule has 5 heteroatoms. The Bertz CT molecular complexity index is 780. The summed E-state index contributed by atoms with van der Waals surface area (Å²) < 4.78 is 5.63. The molecule has 1 atom stereocenters. The predicted molar refractivity (Wildman–Crippen MR) is 113 cm³/mol. The van der Waals surface area contributed by atoms with Crippen LogP contribution in [0, 0.1) is 25.7 Å². The molecule has 0 bridgehead atoms. The summed E-state index contributed by atoms with van der Waals surface area (Å²) in [5, 5.41) is 2.88. The molecule has 2 rings (SSSR count). The Hall–Kier alpha value is -2.14. The van der Waals surface area contributed by atoms with Gasteiger partial charge in [-0.25, -0.2) is 4.98 Å². The normalized spacial score (nSPS) is 12.8. The number of amides is 1. The third-order valence-corrected chi connectivity index (χ3v) is 5.21. The van der Waals surface area contributed by atoms with E-state index in [1.54, 1.807) is 0 Å². The molecule has 1 aromatic heterocycles. The van der Waals surface area contributed by atoms with Crippen LogP contribution in [0.25, 0.3) is 0 Å². The van der Waals surface area contributed by atoms with Crippen molar-refractivity contribution in [2.45, 2.75) is 67.6 Å². The molecule has 2 aromatic rings. The van der Waals surface area contributed by atoms with E-state index in [1.807, 2.05) is 0 Å². The summed E-state index contributed by atoms with van der Waals surface area (Å²) in [6.07, 6.45) is 1.46. The Kier molecular flexibility index (Phi) is 7.81. The number of carbonyl (C=O) groups excluding carboxylic acids is 1. The lowest BCUT2D eigenvalue weighted by molar-refractivity contribution is 0.0943. The molecule has 1 amide bonds. The lowest BCUT2D eigenvalue weighted by Gasteiger charge is -2.31. The topological polar surface area (TPSA) is 58.4 Å². The second-order valence-corrected chi connectivity index (χ2v) is 8.55. The molecule has 1 N–H and O–H groups in total. The molecule has 0 aliphatic rings. The number of nitrogens with zero attached hydrogens (tertiary/aromatic N) is 2. The molecule has 0 radical (unpaired) electrons. The van der Waals surface area contributed by atoms with Crippen molar-refractivity contribution >= 4 is 5.91 Å². The van der Waals surface area contributed by atoms with Crippen LogP contribution >= 0.6 is 0 Å². The number of nitrogens with one attached hydrogen (secondary N) is 1. The Morgan fingerprint density at radius 2 is 1.86 bits per heavy atom.